The van der Waals surface area contributed by atoms with Crippen molar-refractivity contribution in [1.82, 2.24) is 9.88 Å². The second-order valence-corrected chi connectivity index (χ2v) is 7.77. The molecule has 5 heteroatoms. The number of piperazine rings is 1. The molecule has 1 unspecified atom stereocenters. The number of rotatable bonds is 1. The molecule has 0 saturated carbocycles. The first kappa shape index (κ1) is 17.5. The lowest BCUT2D eigenvalue weighted by molar-refractivity contribution is 0.0219. The number of ether oxygens (including phenoxy) is 1. The Morgan fingerprint density at radius 1 is 1.20 bits per heavy atom. The molecule has 1 atom stereocenters. The number of carbonyl (C=O) groups excluding carboxylic acids is 1. The van der Waals surface area contributed by atoms with Gasteiger partial charge in [0.25, 0.3) is 0 Å². The number of aryl methyl sites for hydroxylation is 1. The third kappa shape index (κ3) is 3.86. The molecule has 1 aromatic carbocycles. The van der Waals surface area contributed by atoms with Crippen molar-refractivity contribution in [2.75, 3.05) is 24.5 Å². The minimum absolute atomic E-state index is 0.216. The molecule has 2 heterocycles. The normalized spacial score (nSPS) is 18.5. The van der Waals surface area contributed by atoms with E-state index in [0.717, 1.165) is 23.1 Å². The predicted molar refractivity (Wildman–Crippen MR) is 101 cm³/mol. The highest BCUT2D eigenvalue weighted by Gasteiger charge is 2.30. The zero-order valence-electron chi connectivity index (χ0n) is 15.7. The number of amides is 1. The molecule has 2 aromatic rings. The number of benzene rings is 1. The average molecular weight is 341 g/mol. The number of hydrogen-bond donors (Lipinski definition) is 0. The summed E-state index contributed by atoms with van der Waals surface area (Å²) in [4.78, 5) is 21.1. The fourth-order valence-electron chi connectivity index (χ4n) is 3.30. The van der Waals surface area contributed by atoms with Gasteiger partial charge in [-0.1, -0.05) is 6.07 Å². The van der Waals surface area contributed by atoms with E-state index in [1.165, 1.54) is 5.69 Å². The van der Waals surface area contributed by atoms with Crippen LogP contribution in [0.3, 0.4) is 0 Å². The molecule has 1 amide bonds. The molecule has 0 radical (unpaired) electrons. The summed E-state index contributed by atoms with van der Waals surface area (Å²) in [5.41, 5.74) is 2.75. The van der Waals surface area contributed by atoms with E-state index >= 15 is 0 Å². The average Bonchev–Trinajstić information content (AvgIpc) is 2.52. The first-order valence-electron chi connectivity index (χ1n) is 8.85. The molecular formula is C20H27N3O2. The summed E-state index contributed by atoms with van der Waals surface area (Å²) in [6, 6.07) is 10.6. The van der Waals surface area contributed by atoms with Gasteiger partial charge in [-0.15, -0.1) is 0 Å². The number of fused-ring (bicyclic) bond motifs is 1. The first-order chi connectivity index (χ1) is 11.7. The van der Waals surface area contributed by atoms with E-state index in [0.29, 0.717) is 13.1 Å². The molecule has 3 rings (SSSR count). The molecule has 0 N–H and O–H groups in total. The summed E-state index contributed by atoms with van der Waals surface area (Å²) in [5, 5.41) is 1.16. The molecule has 134 valence electrons. The number of hydrogen-bond acceptors (Lipinski definition) is 4. The predicted octanol–water partition coefficient (Wildman–Crippen LogP) is 3.99. The number of aromatic nitrogens is 1. The lowest BCUT2D eigenvalue weighted by Gasteiger charge is -2.41. The largest absolute Gasteiger partial charge is 0.444 e. The SMILES string of the molecule is Cc1ccc2c(N3CCN(C(=O)OC(C)(C)C)CC3C)cccc2n1. The highest BCUT2D eigenvalue weighted by Crippen LogP contribution is 2.29. The summed E-state index contributed by atoms with van der Waals surface area (Å²) in [6.07, 6.45) is -0.228. The van der Waals surface area contributed by atoms with Gasteiger partial charge in [-0.25, -0.2) is 4.79 Å². The smallest absolute Gasteiger partial charge is 0.410 e. The van der Waals surface area contributed by atoms with Crippen molar-refractivity contribution < 1.29 is 9.53 Å². The molecule has 5 nitrogen and oxygen atoms in total. The van der Waals surface area contributed by atoms with E-state index in [2.05, 4.69) is 35.0 Å². The first-order valence-corrected chi connectivity index (χ1v) is 8.85. The van der Waals surface area contributed by atoms with E-state index in [4.69, 9.17) is 4.74 Å². The summed E-state index contributed by atoms with van der Waals surface area (Å²) in [6.45, 7) is 12.0. The Morgan fingerprint density at radius 3 is 2.64 bits per heavy atom. The van der Waals surface area contributed by atoms with E-state index in [1.807, 2.05) is 39.8 Å². The van der Waals surface area contributed by atoms with Gasteiger partial charge in [0.2, 0.25) is 0 Å². The molecule has 0 spiro atoms. The maximum Gasteiger partial charge on any atom is 0.410 e. The second-order valence-electron chi connectivity index (χ2n) is 7.77. The number of carbonyl (C=O) groups is 1. The minimum atomic E-state index is -0.462. The summed E-state index contributed by atoms with van der Waals surface area (Å²) >= 11 is 0. The van der Waals surface area contributed by atoms with Crippen LogP contribution in [0.2, 0.25) is 0 Å². The highest BCUT2D eigenvalue weighted by molar-refractivity contribution is 5.92. The molecule has 0 aliphatic carbocycles. The zero-order chi connectivity index (χ0) is 18.2. The Balaban J connectivity index is 1.79. The van der Waals surface area contributed by atoms with Gasteiger partial charge in [0.1, 0.15) is 5.60 Å². The quantitative estimate of drug-likeness (QED) is 0.787. The number of pyridine rings is 1. The maximum atomic E-state index is 12.3. The van der Waals surface area contributed by atoms with Gasteiger partial charge in [-0.05, 0) is 58.9 Å². The monoisotopic (exact) mass is 341 g/mol. The van der Waals surface area contributed by atoms with Gasteiger partial charge < -0.3 is 14.5 Å². The molecule has 25 heavy (non-hydrogen) atoms. The molecule has 0 bridgehead atoms. The van der Waals surface area contributed by atoms with Gasteiger partial charge >= 0.3 is 6.09 Å². The maximum absolute atomic E-state index is 12.3. The second kappa shape index (κ2) is 6.54. The van der Waals surface area contributed by atoms with Crippen LogP contribution in [0.1, 0.15) is 33.4 Å². The molecule has 1 fully saturated rings. The molecule has 1 aliphatic heterocycles. The fraction of sp³-hybridized carbons (Fsp3) is 0.500. The van der Waals surface area contributed by atoms with Crippen molar-refractivity contribution >= 4 is 22.7 Å². The van der Waals surface area contributed by atoms with Crippen LogP contribution in [0.15, 0.2) is 30.3 Å². The van der Waals surface area contributed by atoms with Crippen LogP contribution in [0, 0.1) is 6.92 Å². The van der Waals surface area contributed by atoms with Gasteiger partial charge in [0.05, 0.1) is 5.52 Å². The van der Waals surface area contributed by atoms with Gasteiger partial charge in [-0.2, -0.15) is 0 Å². The van der Waals surface area contributed by atoms with Crippen molar-refractivity contribution in [3.8, 4) is 0 Å². The summed E-state index contributed by atoms with van der Waals surface area (Å²) in [5.74, 6) is 0. The van der Waals surface area contributed by atoms with Crippen molar-refractivity contribution in [2.45, 2.75) is 46.3 Å². The summed E-state index contributed by atoms with van der Waals surface area (Å²) < 4.78 is 5.51. The van der Waals surface area contributed by atoms with Crippen LogP contribution in [-0.2, 0) is 4.74 Å². The van der Waals surface area contributed by atoms with E-state index in [-0.39, 0.29) is 12.1 Å². The third-order valence-corrected chi connectivity index (χ3v) is 4.44. The van der Waals surface area contributed by atoms with Gasteiger partial charge in [0.15, 0.2) is 0 Å². The lowest BCUT2D eigenvalue weighted by Crippen LogP contribution is -2.54. The Labute approximate surface area is 149 Å². The van der Waals surface area contributed by atoms with Crippen LogP contribution in [-0.4, -0.2) is 47.3 Å². The number of anilines is 1. The fourth-order valence-corrected chi connectivity index (χ4v) is 3.30. The van der Waals surface area contributed by atoms with E-state index in [9.17, 15) is 4.79 Å². The zero-order valence-corrected chi connectivity index (χ0v) is 15.7. The Morgan fingerprint density at radius 2 is 1.96 bits per heavy atom. The Kier molecular flexibility index (Phi) is 4.58. The number of nitrogens with zero attached hydrogens (tertiary/aromatic N) is 3. The van der Waals surface area contributed by atoms with E-state index in [1.54, 1.807) is 4.90 Å². The lowest BCUT2D eigenvalue weighted by atomic mass is 10.1. The summed E-state index contributed by atoms with van der Waals surface area (Å²) in [7, 11) is 0. The van der Waals surface area contributed by atoms with Crippen molar-refractivity contribution in [3.63, 3.8) is 0 Å². The molecule has 1 aliphatic rings. The molecule has 1 saturated heterocycles. The minimum Gasteiger partial charge on any atom is -0.444 e. The van der Waals surface area contributed by atoms with Crippen LogP contribution in [0.25, 0.3) is 10.9 Å². The Bertz CT molecular complexity index is 782. The topological polar surface area (TPSA) is 45.7 Å². The third-order valence-electron chi connectivity index (χ3n) is 4.44. The van der Waals surface area contributed by atoms with Crippen LogP contribution >= 0.6 is 0 Å². The van der Waals surface area contributed by atoms with Crippen molar-refractivity contribution in [1.29, 1.82) is 0 Å². The van der Waals surface area contributed by atoms with Crippen LogP contribution < -0.4 is 4.90 Å². The molecular weight excluding hydrogens is 314 g/mol. The van der Waals surface area contributed by atoms with Crippen molar-refractivity contribution in [3.05, 3.63) is 36.0 Å². The van der Waals surface area contributed by atoms with E-state index < -0.39 is 5.60 Å². The van der Waals surface area contributed by atoms with Gasteiger partial charge in [-0.3, -0.25) is 4.98 Å². The van der Waals surface area contributed by atoms with Gasteiger partial charge in [0, 0.05) is 42.4 Å². The van der Waals surface area contributed by atoms with Crippen LogP contribution in [0.4, 0.5) is 10.5 Å². The standard InChI is InChI=1S/C20H27N3O2/c1-14-9-10-16-17(21-14)7-6-8-18(16)23-12-11-22(13-15(23)2)19(24)25-20(3,4)5/h6-10,15H,11-13H2,1-5H3. The highest BCUT2D eigenvalue weighted by atomic mass is 16.6. The van der Waals surface area contributed by atoms with Crippen LogP contribution in [0.5, 0.6) is 0 Å². The van der Waals surface area contributed by atoms with Crippen molar-refractivity contribution in [2.24, 2.45) is 0 Å². The Hall–Kier alpha value is -2.30. The molecule has 1 aromatic heterocycles.